The molecule has 0 aliphatic heterocycles. The zero-order chi connectivity index (χ0) is 24.8. The number of aromatic nitrogens is 1. The van der Waals surface area contributed by atoms with Gasteiger partial charge >= 0.3 is 0 Å². The highest BCUT2D eigenvalue weighted by atomic mass is 32.1. The molecule has 0 radical (unpaired) electrons. The van der Waals surface area contributed by atoms with Crippen molar-refractivity contribution in [2.45, 2.75) is 13.8 Å². The van der Waals surface area contributed by atoms with Gasteiger partial charge in [0.1, 0.15) is 10.7 Å². The minimum Gasteiger partial charge on any atom is -0.493 e. The fourth-order valence-corrected chi connectivity index (χ4v) is 4.17. The van der Waals surface area contributed by atoms with Crippen LogP contribution in [0.5, 0.6) is 11.5 Å². The third kappa shape index (κ3) is 5.85. The molecule has 35 heavy (non-hydrogen) atoms. The van der Waals surface area contributed by atoms with Gasteiger partial charge in [-0.15, -0.1) is 0 Å². The summed E-state index contributed by atoms with van der Waals surface area (Å²) in [5.41, 5.74) is 8.22. The molecule has 0 unspecified atom stereocenters. The molecule has 4 aromatic rings. The van der Waals surface area contributed by atoms with E-state index in [-0.39, 0.29) is 5.91 Å². The normalized spacial score (nSPS) is 10.9. The summed E-state index contributed by atoms with van der Waals surface area (Å²) in [7, 11) is 3.18. The van der Waals surface area contributed by atoms with Gasteiger partial charge in [0.05, 0.1) is 20.4 Å². The predicted octanol–water partition coefficient (Wildman–Crippen LogP) is 6.14. The van der Waals surface area contributed by atoms with Crippen molar-refractivity contribution in [2.24, 2.45) is 5.10 Å². The quantitative estimate of drug-likeness (QED) is 0.231. The molecule has 0 saturated heterocycles. The number of anilines is 2. The lowest BCUT2D eigenvalue weighted by molar-refractivity contribution is 0.102. The number of methoxy groups -OCH3 is 2. The van der Waals surface area contributed by atoms with Gasteiger partial charge in [0.25, 0.3) is 5.91 Å². The third-order valence-electron chi connectivity index (χ3n) is 5.27. The number of hydrogen-bond acceptors (Lipinski definition) is 7. The molecular formula is C27H26N4O3S. The van der Waals surface area contributed by atoms with Crippen molar-refractivity contribution < 1.29 is 14.3 Å². The van der Waals surface area contributed by atoms with E-state index in [0.29, 0.717) is 32.9 Å². The maximum Gasteiger partial charge on any atom is 0.256 e. The molecule has 1 amide bonds. The van der Waals surface area contributed by atoms with Crippen LogP contribution >= 0.6 is 11.3 Å². The molecule has 0 fully saturated rings. The van der Waals surface area contributed by atoms with Crippen molar-refractivity contribution in [3.8, 4) is 22.8 Å². The second-order valence-electron chi connectivity index (χ2n) is 7.87. The summed E-state index contributed by atoms with van der Waals surface area (Å²) in [6.45, 7) is 4.02. The first-order valence-corrected chi connectivity index (χ1v) is 11.8. The topological polar surface area (TPSA) is 84.8 Å². The van der Waals surface area contributed by atoms with E-state index in [0.717, 1.165) is 22.3 Å². The first-order chi connectivity index (χ1) is 17.0. The molecule has 178 valence electrons. The number of carbonyl (C=O) groups excluding carboxylic acids is 1. The summed E-state index contributed by atoms with van der Waals surface area (Å²) in [6, 6.07) is 21.0. The van der Waals surface area contributed by atoms with Gasteiger partial charge in [0.2, 0.25) is 5.13 Å². The van der Waals surface area contributed by atoms with Crippen molar-refractivity contribution in [1.82, 2.24) is 4.98 Å². The van der Waals surface area contributed by atoms with Gasteiger partial charge in [0.15, 0.2) is 11.5 Å². The Kier molecular flexibility index (Phi) is 7.42. The summed E-state index contributed by atoms with van der Waals surface area (Å²) in [4.78, 5) is 17.6. The lowest BCUT2D eigenvalue weighted by atomic mass is 10.1. The number of aryl methyl sites for hydroxylation is 2. The molecule has 4 rings (SSSR count). The second kappa shape index (κ2) is 10.8. The molecule has 0 aliphatic carbocycles. The van der Waals surface area contributed by atoms with Gasteiger partial charge < -0.3 is 14.8 Å². The predicted molar refractivity (Wildman–Crippen MR) is 142 cm³/mol. The number of hydrogen-bond donors (Lipinski definition) is 2. The Morgan fingerprint density at radius 2 is 1.57 bits per heavy atom. The first kappa shape index (κ1) is 24.0. The van der Waals surface area contributed by atoms with Gasteiger partial charge in [-0.3, -0.25) is 10.2 Å². The molecule has 1 aromatic heterocycles. The number of ether oxygens (including phenoxy) is 2. The van der Waals surface area contributed by atoms with E-state index in [4.69, 9.17) is 14.5 Å². The Morgan fingerprint density at radius 1 is 0.914 bits per heavy atom. The Bertz CT molecular complexity index is 1350. The highest BCUT2D eigenvalue weighted by Crippen LogP contribution is 2.36. The van der Waals surface area contributed by atoms with Crippen molar-refractivity contribution in [2.75, 3.05) is 25.0 Å². The Hall–Kier alpha value is -4.17. The van der Waals surface area contributed by atoms with E-state index in [1.165, 1.54) is 11.3 Å². The molecule has 2 N–H and O–H groups in total. The summed E-state index contributed by atoms with van der Waals surface area (Å²) in [5.74, 6) is 1.07. The van der Waals surface area contributed by atoms with Crippen LogP contribution in [0.1, 0.15) is 27.0 Å². The molecule has 1 heterocycles. The lowest BCUT2D eigenvalue weighted by Gasteiger charge is -2.07. The molecule has 0 saturated carbocycles. The summed E-state index contributed by atoms with van der Waals surface area (Å²) < 4.78 is 10.6. The van der Waals surface area contributed by atoms with E-state index in [9.17, 15) is 4.79 Å². The number of benzene rings is 3. The van der Waals surface area contributed by atoms with Gasteiger partial charge in [-0.05, 0) is 49.7 Å². The van der Waals surface area contributed by atoms with Crippen LogP contribution in [-0.2, 0) is 0 Å². The smallest absolute Gasteiger partial charge is 0.256 e. The number of carbonyl (C=O) groups is 1. The van der Waals surface area contributed by atoms with Crippen LogP contribution in [0.25, 0.3) is 11.3 Å². The van der Waals surface area contributed by atoms with Gasteiger partial charge in [-0.25, -0.2) is 4.98 Å². The van der Waals surface area contributed by atoms with Crippen LogP contribution in [0.4, 0.5) is 10.1 Å². The molecule has 0 aliphatic rings. The number of nitrogens with zero attached hydrogens (tertiary/aromatic N) is 2. The maximum atomic E-state index is 12.9. The number of amides is 1. The van der Waals surface area contributed by atoms with Crippen molar-refractivity contribution in [1.29, 1.82) is 0 Å². The van der Waals surface area contributed by atoms with E-state index >= 15 is 0 Å². The van der Waals surface area contributed by atoms with Crippen LogP contribution in [0.15, 0.2) is 71.8 Å². The van der Waals surface area contributed by atoms with E-state index < -0.39 is 0 Å². The molecular weight excluding hydrogens is 460 g/mol. The number of nitrogens with one attached hydrogen (secondary N) is 2. The van der Waals surface area contributed by atoms with Crippen LogP contribution in [0.3, 0.4) is 0 Å². The molecule has 0 spiro atoms. The number of rotatable bonds is 8. The van der Waals surface area contributed by atoms with Gasteiger partial charge in [-0.2, -0.15) is 5.10 Å². The van der Waals surface area contributed by atoms with Crippen LogP contribution in [0, 0.1) is 13.8 Å². The monoisotopic (exact) mass is 486 g/mol. The molecule has 8 heteroatoms. The van der Waals surface area contributed by atoms with Gasteiger partial charge in [0, 0.05) is 11.1 Å². The maximum absolute atomic E-state index is 12.9. The fourth-order valence-electron chi connectivity index (χ4n) is 3.34. The number of hydrazone groups is 1. The standard InChI is InChI=1S/C27H26N4O3S/c1-17-5-10-20(11-6-17)24-26(30-25(32)21-12-7-18(2)8-13-21)35-27(29-24)31-28-16-19-9-14-22(33-3)23(15-19)34-4/h5-16H,1-4H3,(H,29,31)(H,30,32)/b28-16-. The third-order valence-corrected chi connectivity index (χ3v) is 6.15. The van der Waals surface area contributed by atoms with Crippen molar-refractivity contribution in [3.63, 3.8) is 0 Å². The highest BCUT2D eigenvalue weighted by Gasteiger charge is 2.16. The number of thiazole rings is 1. The fraction of sp³-hybridized carbons (Fsp3) is 0.148. The van der Waals surface area contributed by atoms with Crippen LogP contribution in [0.2, 0.25) is 0 Å². The minimum atomic E-state index is -0.192. The van der Waals surface area contributed by atoms with E-state index in [1.807, 2.05) is 80.6 Å². The summed E-state index contributed by atoms with van der Waals surface area (Å²) in [6.07, 6.45) is 1.67. The zero-order valence-corrected chi connectivity index (χ0v) is 20.8. The minimum absolute atomic E-state index is 0.192. The highest BCUT2D eigenvalue weighted by molar-refractivity contribution is 7.20. The van der Waals surface area contributed by atoms with Crippen LogP contribution < -0.4 is 20.2 Å². The average Bonchev–Trinajstić information content (AvgIpc) is 3.27. The Labute approximate surface area is 208 Å². The first-order valence-electron chi connectivity index (χ1n) is 10.9. The van der Waals surface area contributed by atoms with Gasteiger partial charge in [-0.1, -0.05) is 58.9 Å². The molecule has 0 atom stereocenters. The summed E-state index contributed by atoms with van der Waals surface area (Å²) in [5, 5.41) is 8.52. The Morgan fingerprint density at radius 3 is 2.23 bits per heavy atom. The molecule has 0 bridgehead atoms. The van der Waals surface area contributed by atoms with E-state index in [2.05, 4.69) is 15.8 Å². The van der Waals surface area contributed by atoms with Crippen LogP contribution in [-0.4, -0.2) is 31.3 Å². The zero-order valence-electron chi connectivity index (χ0n) is 20.0. The second-order valence-corrected chi connectivity index (χ2v) is 8.87. The molecule has 3 aromatic carbocycles. The van der Waals surface area contributed by atoms with Crippen molar-refractivity contribution in [3.05, 3.63) is 89.0 Å². The SMILES string of the molecule is COc1ccc(/C=N\Nc2nc(-c3ccc(C)cc3)c(NC(=O)c3ccc(C)cc3)s2)cc1OC. The lowest BCUT2D eigenvalue weighted by Crippen LogP contribution is -2.11. The van der Waals surface area contributed by atoms with E-state index in [1.54, 1.807) is 20.4 Å². The average molecular weight is 487 g/mol. The summed E-state index contributed by atoms with van der Waals surface area (Å²) >= 11 is 1.32. The Balaban J connectivity index is 1.58. The molecule has 7 nitrogen and oxygen atoms in total. The van der Waals surface area contributed by atoms with Crippen molar-refractivity contribution >= 4 is 33.6 Å². The largest absolute Gasteiger partial charge is 0.493 e.